The zero-order valence-electron chi connectivity index (χ0n) is 14.4. The molecule has 4 heteroatoms. The number of rotatable bonds is 9. The Hall–Kier alpha value is -0.160. The Morgan fingerprint density at radius 1 is 1.00 bits per heavy atom. The second-order valence-corrected chi connectivity index (χ2v) is 6.66. The van der Waals surface area contributed by atoms with Gasteiger partial charge in [0.25, 0.3) is 0 Å². The van der Waals surface area contributed by atoms with Crippen molar-refractivity contribution in [1.82, 2.24) is 20.0 Å². The SMILES string of the molecule is CCC(CC)(CNC)CN1CCN(CCN(C)C)CC1. The van der Waals surface area contributed by atoms with Crippen molar-refractivity contribution < 1.29 is 0 Å². The van der Waals surface area contributed by atoms with Crippen LogP contribution in [0.25, 0.3) is 0 Å². The topological polar surface area (TPSA) is 21.8 Å². The molecule has 1 heterocycles. The van der Waals surface area contributed by atoms with Gasteiger partial charge in [0.1, 0.15) is 0 Å². The van der Waals surface area contributed by atoms with E-state index in [9.17, 15) is 0 Å². The molecule has 120 valence electrons. The molecular weight excluding hydrogens is 248 g/mol. The molecule has 1 aliphatic heterocycles. The van der Waals surface area contributed by atoms with E-state index >= 15 is 0 Å². The van der Waals surface area contributed by atoms with Gasteiger partial charge < -0.3 is 15.1 Å². The van der Waals surface area contributed by atoms with Crippen molar-refractivity contribution in [2.75, 3.05) is 73.5 Å². The molecule has 1 saturated heterocycles. The van der Waals surface area contributed by atoms with Gasteiger partial charge in [-0.2, -0.15) is 0 Å². The third kappa shape index (κ3) is 5.68. The van der Waals surface area contributed by atoms with Crippen LogP contribution < -0.4 is 5.32 Å². The van der Waals surface area contributed by atoms with Crippen LogP contribution in [0.3, 0.4) is 0 Å². The van der Waals surface area contributed by atoms with Crippen LogP contribution in [0.2, 0.25) is 0 Å². The quantitative estimate of drug-likeness (QED) is 0.686. The van der Waals surface area contributed by atoms with Gasteiger partial charge in [0.2, 0.25) is 0 Å². The molecule has 0 unspecified atom stereocenters. The molecule has 0 saturated carbocycles. The smallest absolute Gasteiger partial charge is 0.0110 e. The molecule has 1 aliphatic rings. The highest BCUT2D eigenvalue weighted by Crippen LogP contribution is 2.27. The minimum absolute atomic E-state index is 0.459. The molecular formula is C16H36N4. The fourth-order valence-corrected chi connectivity index (χ4v) is 3.14. The summed E-state index contributed by atoms with van der Waals surface area (Å²) in [6.45, 7) is 14.4. The molecule has 0 aromatic rings. The lowest BCUT2D eigenvalue weighted by Crippen LogP contribution is -2.52. The lowest BCUT2D eigenvalue weighted by molar-refractivity contribution is 0.0765. The Bertz CT molecular complexity index is 243. The molecule has 0 spiro atoms. The molecule has 0 radical (unpaired) electrons. The predicted molar refractivity (Wildman–Crippen MR) is 88.4 cm³/mol. The fraction of sp³-hybridized carbons (Fsp3) is 1.00. The molecule has 0 atom stereocenters. The summed E-state index contributed by atoms with van der Waals surface area (Å²) in [7, 11) is 6.40. The second-order valence-electron chi connectivity index (χ2n) is 6.66. The Morgan fingerprint density at radius 2 is 1.55 bits per heavy atom. The average molecular weight is 284 g/mol. The molecule has 1 fully saturated rings. The first-order valence-electron chi connectivity index (χ1n) is 8.29. The number of hydrogen-bond acceptors (Lipinski definition) is 4. The molecule has 4 nitrogen and oxygen atoms in total. The van der Waals surface area contributed by atoms with Crippen LogP contribution in [-0.2, 0) is 0 Å². The van der Waals surface area contributed by atoms with Crippen LogP contribution >= 0.6 is 0 Å². The molecule has 0 aromatic heterocycles. The van der Waals surface area contributed by atoms with E-state index in [0.29, 0.717) is 5.41 Å². The molecule has 0 amide bonds. The standard InChI is InChI=1S/C16H36N4/c1-6-16(7-2,14-17-3)15-20-12-10-19(11-13-20)9-8-18(4)5/h17H,6-15H2,1-5H3. The maximum atomic E-state index is 3.40. The third-order valence-corrected chi connectivity index (χ3v) is 4.94. The zero-order chi connectivity index (χ0) is 15.0. The van der Waals surface area contributed by atoms with Crippen LogP contribution in [0, 0.1) is 5.41 Å². The van der Waals surface area contributed by atoms with E-state index in [1.165, 1.54) is 58.7 Å². The van der Waals surface area contributed by atoms with Crippen LogP contribution in [-0.4, -0.2) is 88.2 Å². The Kier molecular flexibility index (Phi) is 8.03. The predicted octanol–water partition coefficient (Wildman–Crippen LogP) is 1.19. The summed E-state index contributed by atoms with van der Waals surface area (Å²) in [4.78, 5) is 7.56. The van der Waals surface area contributed by atoms with E-state index in [0.717, 1.165) is 6.54 Å². The molecule has 20 heavy (non-hydrogen) atoms. The summed E-state index contributed by atoms with van der Waals surface area (Å²) < 4.78 is 0. The number of piperazine rings is 1. The van der Waals surface area contributed by atoms with Crippen LogP contribution in [0.15, 0.2) is 0 Å². The Morgan fingerprint density at radius 3 is 2.00 bits per heavy atom. The number of likely N-dealkylation sites (N-methyl/N-ethyl adjacent to an activating group) is 1. The molecule has 1 rings (SSSR count). The fourth-order valence-electron chi connectivity index (χ4n) is 3.14. The molecule has 0 aliphatic carbocycles. The summed E-state index contributed by atoms with van der Waals surface area (Å²) in [5, 5.41) is 3.40. The minimum atomic E-state index is 0.459. The van der Waals surface area contributed by atoms with Crippen molar-refractivity contribution in [3.05, 3.63) is 0 Å². The van der Waals surface area contributed by atoms with Gasteiger partial charge in [-0.3, -0.25) is 4.90 Å². The lowest BCUT2D eigenvalue weighted by atomic mass is 9.81. The molecule has 1 N–H and O–H groups in total. The van der Waals surface area contributed by atoms with Crippen molar-refractivity contribution in [2.24, 2.45) is 5.41 Å². The normalized spacial score (nSPS) is 18.9. The van der Waals surface area contributed by atoms with Crippen molar-refractivity contribution in [3.63, 3.8) is 0 Å². The maximum Gasteiger partial charge on any atom is 0.0110 e. The zero-order valence-corrected chi connectivity index (χ0v) is 14.4. The van der Waals surface area contributed by atoms with E-state index in [2.05, 4.69) is 55.0 Å². The highest BCUT2D eigenvalue weighted by molar-refractivity contribution is 4.84. The van der Waals surface area contributed by atoms with Gasteiger partial charge in [0, 0.05) is 52.4 Å². The van der Waals surface area contributed by atoms with E-state index in [4.69, 9.17) is 0 Å². The highest BCUT2D eigenvalue weighted by Gasteiger charge is 2.29. The highest BCUT2D eigenvalue weighted by atomic mass is 15.3. The van der Waals surface area contributed by atoms with E-state index in [-0.39, 0.29) is 0 Å². The summed E-state index contributed by atoms with van der Waals surface area (Å²) in [6.07, 6.45) is 2.54. The van der Waals surface area contributed by atoms with Gasteiger partial charge in [-0.1, -0.05) is 13.8 Å². The van der Waals surface area contributed by atoms with Crippen molar-refractivity contribution in [3.8, 4) is 0 Å². The summed E-state index contributed by atoms with van der Waals surface area (Å²) in [6, 6.07) is 0. The maximum absolute atomic E-state index is 3.40. The largest absolute Gasteiger partial charge is 0.319 e. The van der Waals surface area contributed by atoms with Gasteiger partial charge >= 0.3 is 0 Å². The van der Waals surface area contributed by atoms with Gasteiger partial charge in [-0.05, 0) is 39.4 Å². The van der Waals surface area contributed by atoms with E-state index in [1.807, 2.05) is 0 Å². The van der Waals surface area contributed by atoms with Crippen molar-refractivity contribution >= 4 is 0 Å². The average Bonchev–Trinajstić information content (AvgIpc) is 2.46. The summed E-state index contributed by atoms with van der Waals surface area (Å²) in [5.41, 5.74) is 0.459. The Labute approximate surface area is 126 Å². The van der Waals surface area contributed by atoms with Gasteiger partial charge in [0.15, 0.2) is 0 Å². The van der Waals surface area contributed by atoms with E-state index < -0.39 is 0 Å². The van der Waals surface area contributed by atoms with Crippen molar-refractivity contribution in [1.29, 1.82) is 0 Å². The number of nitrogens with one attached hydrogen (secondary N) is 1. The van der Waals surface area contributed by atoms with Crippen LogP contribution in [0.1, 0.15) is 26.7 Å². The first kappa shape index (κ1) is 17.9. The van der Waals surface area contributed by atoms with Crippen LogP contribution in [0.4, 0.5) is 0 Å². The molecule has 0 bridgehead atoms. The Balaban J connectivity index is 2.36. The van der Waals surface area contributed by atoms with Crippen molar-refractivity contribution in [2.45, 2.75) is 26.7 Å². The molecule has 0 aromatic carbocycles. The lowest BCUT2D eigenvalue weighted by Gasteiger charge is -2.41. The van der Waals surface area contributed by atoms with Gasteiger partial charge in [-0.25, -0.2) is 0 Å². The first-order valence-corrected chi connectivity index (χ1v) is 8.29. The summed E-state index contributed by atoms with van der Waals surface area (Å²) >= 11 is 0. The second kappa shape index (κ2) is 8.98. The third-order valence-electron chi connectivity index (χ3n) is 4.94. The summed E-state index contributed by atoms with van der Waals surface area (Å²) in [5.74, 6) is 0. The van der Waals surface area contributed by atoms with E-state index in [1.54, 1.807) is 0 Å². The minimum Gasteiger partial charge on any atom is -0.319 e. The monoisotopic (exact) mass is 284 g/mol. The van der Waals surface area contributed by atoms with Gasteiger partial charge in [-0.15, -0.1) is 0 Å². The first-order chi connectivity index (χ1) is 9.55. The number of hydrogen-bond donors (Lipinski definition) is 1. The van der Waals surface area contributed by atoms with Crippen LogP contribution in [0.5, 0.6) is 0 Å². The number of nitrogens with zero attached hydrogens (tertiary/aromatic N) is 3. The van der Waals surface area contributed by atoms with Gasteiger partial charge in [0.05, 0.1) is 0 Å².